The fourth-order valence-corrected chi connectivity index (χ4v) is 3.18. The summed E-state index contributed by atoms with van der Waals surface area (Å²) in [7, 11) is 0. The topological polar surface area (TPSA) is 73.3 Å². The van der Waals surface area contributed by atoms with Crippen LogP contribution in [-0.2, 0) is 0 Å². The van der Waals surface area contributed by atoms with Crippen molar-refractivity contribution in [2.75, 3.05) is 0 Å². The number of carboxylic acids is 1. The lowest BCUT2D eigenvalue weighted by Gasteiger charge is -2.26. The third kappa shape index (κ3) is 2.12. The zero-order valence-corrected chi connectivity index (χ0v) is 10.6. The Hall–Kier alpha value is -1.81. The van der Waals surface area contributed by atoms with Crippen molar-refractivity contribution in [3.63, 3.8) is 0 Å². The van der Waals surface area contributed by atoms with Gasteiger partial charge in [-0.2, -0.15) is 0 Å². The molecule has 1 saturated carbocycles. The van der Waals surface area contributed by atoms with Crippen LogP contribution in [-0.4, -0.2) is 27.3 Å². The summed E-state index contributed by atoms with van der Waals surface area (Å²) in [5.41, 5.74) is 2.00. The average molecular weight is 259 g/mol. The highest BCUT2D eigenvalue weighted by Gasteiger charge is 2.28. The molecule has 1 aromatic heterocycles. The second-order valence-corrected chi connectivity index (χ2v) is 5.28. The monoisotopic (exact) mass is 259 g/mol. The predicted molar refractivity (Wildman–Crippen MR) is 72.5 cm³/mol. The molecule has 0 aliphatic heterocycles. The molecular weight excluding hydrogens is 242 g/mol. The van der Waals surface area contributed by atoms with Crippen molar-refractivity contribution >= 4 is 16.9 Å². The summed E-state index contributed by atoms with van der Waals surface area (Å²) in [5.74, 6) is -0.794. The number of hydrogen-bond acceptors (Lipinski definition) is 2. The number of aromatic carboxylic acids is 1. The van der Waals surface area contributed by atoms with E-state index in [4.69, 9.17) is 0 Å². The van der Waals surface area contributed by atoms with Crippen LogP contribution in [0.5, 0.6) is 0 Å². The van der Waals surface area contributed by atoms with Gasteiger partial charge < -0.3 is 15.2 Å². The van der Waals surface area contributed by atoms with Crippen molar-refractivity contribution < 1.29 is 15.0 Å². The summed E-state index contributed by atoms with van der Waals surface area (Å²) < 4.78 is 0. The van der Waals surface area contributed by atoms with E-state index in [-0.39, 0.29) is 17.7 Å². The first-order valence-electron chi connectivity index (χ1n) is 6.68. The van der Waals surface area contributed by atoms with Gasteiger partial charge in [-0.1, -0.05) is 24.6 Å². The highest BCUT2D eigenvalue weighted by Crippen LogP contribution is 2.38. The van der Waals surface area contributed by atoms with Crippen LogP contribution in [0.3, 0.4) is 0 Å². The molecule has 19 heavy (non-hydrogen) atoms. The van der Waals surface area contributed by atoms with E-state index in [1.807, 2.05) is 24.3 Å². The lowest BCUT2D eigenvalue weighted by atomic mass is 9.81. The molecule has 2 aromatic rings. The Morgan fingerprint density at radius 3 is 2.79 bits per heavy atom. The molecule has 0 spiro atoms. The van der Waals surface area contributed by atoms with Gasteiger partial charge in [-0.25, -0.2) is 4.79 Å². The summed E-state index contributed by atoms with van der Waals surface area (Å²) >= 11 is 0. The Bertz CT molecular complexity index is 617. The fourth-order valence-electron chi connectivity index (χ4n) is 3.18. The lowest BCUT2D eigenvalue weighted by Crippen LogP contribution is -2.19. The molecule has 0 amide bonds. The smallest absolute Gasteiger partial charge is 0.352 e. The molecule has 2 atom stereocenters. The van der Waals surface area contributed by atoms with Crippen LogP contribution in [0, 0.1) is 0 Å². The van der Waals surface area contributed by atoms with Gasteiger partial charge in [0.15, 0.2) is 0 Å². The van der Waals surface area contributed by atoms with Gasteiger partial charge in [-0.3, -0.25) is 0 Å². The number of para-hydroxylation sites is 1. The molecule has 1 heterocycles. The van der Waals surface area contributed by atoms with E-state index in [1.54, 1.807) is 0 Å². The molecule has 4 heteroatoms. The van der Waals surface area contributed by atoms with Gasteiger partial charge in [0.05, 0.1) is 6.10 Å². The minimum absolute atomic E-state index is 0.131. The SMILES string of the molecule is O=C(O)c1[nH]c2ccccc2c1C1CCCC(O)C1. The molecule has 3 N–H and O–H groups in total. The number of H-pyrrole nitrogens is 1. The number of fused-ring (bicyclic) bond motifs is 1. The number of aliphatic hydroxyl groups excluding tert-OH is 1. The van der Waals surface area contributed by atoms with Gasteiger partial charge >= 0.3 is 5.97 Å². The molecule has 3 rings (SSSR count). The van der Waals surface area contributed by atoms with Crippen LogP contribution < -0.4 is 0 Å². The van der Waals surface area contributed by atoms with Crippen LogP contribution in [0.2, 0.25) is 0 Å². The van der Waals surface area contributed by atoms with Gasteiger partial charge in [0.25, 0.3) is 0 Å². The lowest BCUT2D eigenvalue weighted by molar-refractivity contribution is 0.0686. The van der Waals surface area contributed by atoms with E-state index in [1.165, 1.54) is 0 Å². The van der Waals surface area contributed by atoms with Crippen LogP contribution in [0.4, 0.5) is 0 Å². The van der Waals surface area contributed by atoms with Crippen LogP contribution in [0.25, 0.3) is 10.9 Å². The number of nitrogens with one attached hydrogen (secondary N) is 1. The molecule has 1 aromatic carbocycles. The molecule has 1 aliphatic rings. The third-order valence-electron chi connectivity index (χ3n) is 4.01. The Balaban J connectivity index is 2.14. The number of hydrogen-bond donors (Lipinski definition) is 3. The van der Waals surface area contributed by atoms with E-state index in [9.17, 15) is 15.0 Å². The van der Waals surface area contributed by atoms with E-state index in [0.717, 1.165) is 35.7 Å². The first-order chi connectivity index (χ1) is 9.16. The minimum atomic E-state index is -0.925. The largest absolute Gasteiger partial charge is 0.477 e. The normalized spacial score (nSPS) is 23.6. The first kappa shape index (κ1) is 12.2. The van der Waals surface area contributed by atoms with Crippen molar-refractivity contribution in [3.8, 4) is 0 Å². The summed E-state index contributed by atoms with van der Waals surface area (Å²) in [4.78, 5) is 14.4. The summed E-state index contributed by atoms with van der Waals surface area (Å²) in [6, 6.07) is 7.66. The second kappa shape index (κ2) is 4.70. The van der Waals surface area contributed by atoms with E-state index in [0.29, 0.717) is 6.42 Å². The number of carbonyl (C=O) groups is 1. The van der Waals surface area contributed by atoms with E-state index in [2.05, 4.69) is 4.98 Å². The summed E-state index contributed by atoms with van der Waals surface area (Å²) in [6.07, 6.45) is 3.06. The Morgan fingerprint density at radius 2 is 2.05 bits per heavy atom. The molecule has 0 bridgehead atoms. The molecular formula is C15H17NO3. The molecule has 1 fully saturated rings. The number of carboxylic acid groups (broad SMARTS) is 1. The number of rotatable bonds is 2. The number of aliphatic hydroxyl groups is 1. The van der Waals surface area contributed by atoms with E-state index >= 15 is 0 Å². The third-order valence-corrected chi connectivity index (χ3v) is 4.01. The fraction of sp³-hybridized carbons (Fsp3) is 0.400. The van der Waals surface area contributed by atoms with Crippen molar-refractivity contribution in [1.82, 2.24) is 4.98 Å². The quantitative estimate of drug-likeness (QED) is 0.776. The zero-order chi connectivity index (χ0) is 13.4. The maximum absolute atomic E-state index is 11.4. The first-order valence-corrected chi connectivity index (χ1v) is 6.68. The Kier molecular flexibility index (Phi) is 3.03. The standard InChI is InChI=1S/C15H17NO3/c17-10-5-3-4-9(8-10)13-11-6-1-2-7-12(11)16-14(13)15(18)19/h1-2,6-7,9-10,16-17H,3-5,8H2,(H,18,19). The number of aromatic nitrogens is 1. The van der Waals surface area contributed by atoms with Crippen molar-refractivity contribution in [2.45, 2.75) is 37.7 Å². The average Bonchev–Trinajstić information content (AvgIpc) is 2.78. The van der Waals surface area contributed by atoms with Crippen molar-refractivity contribution in [2.24, 2.45) is 0 Å². The molecule has 4 nitrogen and oxygen atoms in total. The van der Waals surface area contributed by atoms with Gasteiger partial charge in [0.1, 0.15) is 5.69 Å². The summed E-state index contributed by atoms with van der Waals surface area (Å²) in [6.45, 7) is 0. The maximum atomic E-state index is 11.4. The maximum Gasteiger partial charge on any atom is 0.352 e. The molecule has 0 radical (unpaired) electrons. The van der Waals surface area contributed by atoms with Gasteiger partial charge in [0.2, 0.25) is 0 Å². The van der Waals surface area contributed by atoms with Crippen molar-refractivity contribution in [3.05, 3.63) is 35.5 Å². The summed E-state index contributed by atoms with van der Waals surface area (Å²) in [5, 5.41) is 20.2. The molecule has 1 aliphatic carbocycles. The second-order valence-electron chi connectivity index (χ2n) is 5.28. The molecule has 100 valence electrons. The molecule has 2 unspecified atom stereocenters. The van der Waals surface area contributed by atoms with Gasteiger partial charge in [0, 0.05) is 10.9 Å². The van der Waals surface area contributed by atoms with Gasteiger partial charge in [-0.15, -0.1) is 0 Å². The van der Waals surface area contributed by atoms with Crippen LogP contribution in [0.15, 0.2) is 24.3 Å². The highest BCUT2D eigenvalue weighted by atomic mass is 16.4. The van der Waals surface area contributed by atoms with Crippen LogP contribution in [0.1, 0.15) is 47.7 Å². The van der Waals surface area contributed by atoms with E-state index < -0.39 is 5.97 Å². The van der Waals surface area contributed by atoms with Crippen molar-refractivity contribution in [1.29, 1.82) is 0 Å². The minimum Gasteiger partial charge on any atom is -0.477 e. The molecule has 0 saturated heterocycles. The zero-order valence-electron chi connectivity index (χ0n) is 10.6. The van der Waals surface area contributed by atoms with Gasteiger partial charge in [-0.05, 0) is 36.8 Å². The number of benzene rings is 1. The Morgan fingerprint density at radius 1 is 1.26 bits per heavy atom. The highest BCUT2D eigenvalue weighted by molar-refractivity contribution is 5.97. The predicted octanol–water partition coefficient (Wildman–Crippen LogP) is 2.88. The number of aromatic amines is 1. The van der Waals surface area contributed by atoms with Crippen LogP contribution >= 0.6 is 0 Å². The Labute approximate surface area is 111 Å².